The lowest BCUT2D eigenvalue weighted by atomic mass is 9.88. The number of aryl methyl sites for hydroxylation is 1. The first-order valence-corrected chi connectivity index (χ1v) is 9.82. The SMILES string of the molecule is Cc1ccc(C2CCN(C(F)CC(N)C(=O)c3ccccc3)CC2)cc1Cl.Cl. The van der Waals surface area contributed by atoms with Crippen LogP contribution in [0.25, 0.3) is 0 Å². The third kappa shape index (κ3) is 5.54. The van der Waals surface area contributed by atoms with Crippen LogP contribution in [0.3, 0.4) is 0 Å². The zero-order chi connectivity index (χ0) is 19.4. The van der Waals surface area contributed by atoms with Crippen LogP contribution in [0.2, 0.25) is 5.02 Å². The predicted molar refractivity (Wildman–Crippen MR) is 115 cm³/mol. The van der Waals surface area contributed by atoms with Crippen molar-refractivity contribution in [2.24, 2.45) is 5.73 Å². The maximum absolute atomic E-state index is 14.7. The van der Waals surface area contributed by atoms with E-state index in [1.165, 1.54) is 5.56 Å². The Hall–Kier alpha value is -1.46. The Bertz CT molecular complexity index is 779. The third-order valence-electron chi connectivity index (χ3n) is 5.44. The monoisotopic (exact) mass is 424 g/mol. The summed E-state index contributed by atoms with van der Waals surface area (Å²) in [5, 5.41) is 0.781. The molecule has 0 aliphatic carbocycles. The largest absolute Gasteiger partial charge is 0.321 e. The molecule has 0 aromatic heterocycles. The van der Waals surface area contributed by atoms with E-state index in [0.29, 0.717) is 24.6 Å². The number of rotatable bonds is 6. The van der Waals surface area contributed by atoms with E-state index in [9.17, 15) is 9.18 Å². The molecule has 1 saturated heterocycles. The van der Waals surface area contributed by atoms with Gasteiger partial charge in [-0.05, 0) is 42.9 Å². The Morgan fingerprint density at radius 2 is 1.86 bits per heavy atom. The lowest BCUT2D eigenvalue weighted by Crippen LogP contribution is -2.43. The topological polar surface area (TPSA) is 46.3 Å². The molecular formula is C22H27Cl2FN2O. The standard InChI is InChI=1S/C22H26ClFN2O.ClH/c1-15-7-8-18(13-19(15)23)16-9-11-26(12-10-16)21(24)14-20(25)22(27)17-5-3-2-4-6-17;/h2-8,13,16,20-21H,9-12,14,25H2,1H3;1H. The maximum atomic E-state index is 14.7. The number of hydrogen-bond acceptors (Lipinski definition) is 3. The zero-order valence-corrected chi connectivity index (χ0v) is 17.6. The van der Waals surface area contributed by atoms with E-state index in [1.54, 1.807) is 29.2 Å². The highest BCUT2D eigenvalue weighted by molar-refractivity contribution is 6.31. The van der Waals surface area contributed by atoms with Gasteiger partial charge in [0.25, 0.3) is 0 Å². The van der Waals surface area contributed by atoms with Gasteiger partial charge in [0.15, 0.2) is 12.1 Å². The highest BCUT2D eigenvalue weighted by atomic mass is 35.5. The van der Waals surface area contributed by atoms with Gasteiger partial charge in [0.1, 0.15) is 0 Å². The van der Waals surface area contributed by atoms with Gasteiger partial charge in [0.05, 0.1) is 6.04 Å². The van der Waals surface area contributed by atoms with Crippen molar-refractivity contribution in [1.82, 2.24) is 4.90 Å². The van der Waals surface area contributed by atoms with E-state index in [1.807, 2.05) is 25.1 Å². The first kappa shape index (κ1) is 22.8. The molecule has 2 aromatic rings. The summed E-state index contributed by atoms with van der Waals surface area (Å²) in [6.45, 7) is 3.30. The summed E-state index contributed by atoms with van der Waals surface area (Å²) in [6.07, 6.45) is 0.577. The van der Waals surface area contributed by atoms with Gasteiger partial charge in [-0.15, -0.1) is 12.4 Å². The number of nitrogens with zero attached hydrogens (tertiary/aromatic N) is 1. The Morgan fingerprint density at radius 1 is 1.21 bits per heavy atom. The summed E-state index contributed by atoms with van der Waals surface area (Å²) in [6, 6.07) is 14.2. The van der Waals surface area contributed by atoms with Crippen molar-refractivity contribution in [3.63, 3.8) is 0 Å². The molecule has 0 radical (unpaired) electrons. The van der Waals surface area contributed by atoms with E-state index in [0.717, 1.165) is 23.4 Å². The summed E-state index contributed by atoms with van der Waals surface area (Å²) in [5.41, 5.74) is 8.80. The number of Topliss-reactive ketones (excluding diaryl/α,β-unsaturated/α-hetero) is 1. The van der Waals surface area contributed by atoms with Crippen molar-refractivity contribution in [3.05, 3.63) is 70.2 Å². The van der Waals surface area contributed by atoms with Crippen molar-refractivity contribution >= 4 is 29.8 Å². The normalized spacial score (nSPS) is 17.6. The molecule has 2 aromatic carbocycles. The van der Waals surface area contributed by atoms with Crippen LogP contribution in [-0.4, -0.2) is 36.1 Å². The Morgan fingerprint density at radius 3 is 2.46 bits per heavy atom. The minimum atomic E-state index is -1.20. The van der Waals surface area contributed by atoms with E-state index in [4.69, 9.17) is 17.3 Å². The van der Waals surface area contributed by atoms with Crippen LogP contribution in [0.4, 0.5) is 4.39 Å². The van der Waals surface area contributed by atoms with Crippen molar-refractivity contribution in [2.45, 2.75) is 44.4 Å². The number of benzene rings is 2. The van der Waals surface area contributed by atoms with Gasteiger partial charge >= 0.3 is 0 Å². The molecule has 1 heterocycles. The molecule has 2 unspecified atom stereocenters. The molecule has 2 atom stereocenters. The second-order valence-corrected chi connectivity index (χ2v) is 7.73. The molecule has 2 N–H and O–H groups in total. The Kier molecular flexibility index (Phi) is 8.44. The van der Waals surface area contributed by atoms with E-state index >= 15 is 0 Å². The number of alkyl halides is 1. The van der Waals surface area contributed by atoms with E-state index in [-0.39, 0.29) is 24.6 Å². The highest BCUT2D eigenvalue weighted by Gasteiger charge is 2.29. The molecule has 0 spiro atoms. The highest BCUT2D eigenvalue weighted by Crippen LogP contribution is 2.32. The lowest BCUT2D eigenvalue weighted by Gasteiger charge is -2.35. The van der Waals surface area contributed by atoms with Crippen LogP contribution in [0.5, 0.6) is 0 Å². The Labute approximate surface area is 177 Å². The molecule has 0 amide bonds. The first-order chi connectivity index (χ1) is 13.0. The molecule has 0 saturated carbocycles. The average Bonchev–Trinajstić information content (AvgIpc) is 2.70. The smallest absolute Gasteiger partial charge is 0.179 e. The molecule has 0 bridgehead atoms. The van der Waals surface area contributed by atoms with Crippen LogP contribution < -0.4 is 5.73 Å². The summed E-state index contributed by atoms with van der Waals surface area (Å²) in [4.78, 5) is 14.1. The van der Waals surface area contributed by atoms with Crippen LogP contribution >= 0.6 is 24.0 Å². The number of carbonyl (C=O) groups is 1. The maximum Gasteiger partial charge on any atom is 0.179 e. The van der Waals surface area contributed by atoms with E-state index < -0.39 is 12.3 Å². The van der Waals surface area contributed by atoms with Gasteiger partial charge in [0, 0.05) is 30.1 Å². The van der Waals surface area contributed by atoms with Crippen molar-refractivity contribution < 1.29 is 9.18 Å². The minimum Gasteiger partial charge on any atom is -0.321 e. The van der Waals surface area contributed by atoms with Crippen molar-refractivity contribution in [2.75, 3.05) is 13.1 Å². The molecule has 1 aliphatic heterocycles. The molecule has 1 fully saturated rings. The summed E-state index contributed by atoms with van der Waals surface area (Å²) in [5.74, 6) is 0.189. The molecule has 1 aliphatic rings. The fraction of sp³-hybridized carbons (Fsp3) is 0.409. The number of ketones is 1. The molecule has 6 heteroatoms. The summed E-state index contributed by atoms with van der Waals surface area (Å²) >= 11 is 6.23. The van der Waals surface area contributed by atoms with Gasteiger partial charge in [-0.25, -0.2) is 4.39 Å². The lowest BCUT2D eigenvalue weighted by molar-refractivity contribution is 0.0452. The fourth-order valence-electron chi connectivity index (χ4n) is 3.66. The second kappa shape index (κ2) is 10.4. The number of piperidine rings is 1. The predicted octanol–water partition coefficient (Wildman–Crippen LogP) is 5.15. The summed E-state index contributed by atoms with van der Waals surface area (Å²) < 4.78 is 14.7. The average molecular weight is 425 g/mol. The summed E-state index contributed by atoms with van der Waals surface area (Å²) in [7, 11) is 0. The van der Waals surface area contributed by atoms with Crippen LogP contribution in [0.1, 0.15) is 46.7 Å². The third-order valence-corrected chi connectivity index (χ3v) is 5.84. The number of carbonyl (C=O) groups excluding carboxylic acids is 1. The molecule has 152 valence electrons. The zero-order valence-electron chi connectivity index (χ0n) is 16.0. The Balaban J connectivity index is 0.00000280. The van der Waals surface area contributed by atoms with Crippen LogP contribution in [0.15, 0.2) is 48.5 Å². The molecule has 3 rings (SSSR count). The van der Waals surface area contributed by atoms with Crippen molar-refractivity contribution in [1.29, 1.82) is 0 Å². The number of nitrogens with two attached hydrogens (primary N) is 1. The fourth-order valence-corrected chi connectivity index (χ4v) is 3.85. The number of likely N-dealkylation sites (tertiary alicyclic amines) is 1. The van der Waals surface area contributed by atoms with E-state index in [2.05, 4.69) is 6.07 Å². The quantitative estimate of drug-likeness (QED) is 0.515. The van der Waals surface area contributed by atoms with Crippen LogP contribution in [0, 0.1) is 6.92 Å². The van der Waals surface area contributed by atoms with Gasteiger partial charge in [0.2, 0.25) is 0 Å². The van der Waals surface area contributed by atoms with Gasteiger partial charge in [-0.1, -0.05) is 54.1 Å². The van der Waals surface area contributed by atoms with Crippen molar-refractivity contribution in [3.8, 4) is 0 Å². The molecular weight excluding hydrogens is 398 g/mol. The van der Waals surface area contributed by atoms with Gasteiger partial charge in [-0.3, -0.25) is 9.69 Å². The van der Waals surface area contributed by atoms with Gasteiger partial charge in [-0.2, -0.15) is 0 Å². The minimum absolute atomic E-state index is 0. The number of hydrogen-bond donors (Lipinski definition) is 1. The van der Waals surface area contributed by atoms with Crippen LogP contribution in [-0.2, 0) is 0 Å². The molecule has 28 heavy (non-hydrogen) atoms. The first-order valence-electron chi connectivity index (χ1n) is 9.44. The molecule has 3 nitrogen and oxygen atoms in total. The van der Waals surface area contributed by atoms with Gasteiger partial charge < -0.3 is 5.73 Å². The second-order valence-electron chi connectivity index (χ2n) is 7.33. The number of halogens is 3.